The second-order valence-corrected chi connectivity index (χ2v) is 4.11. The van der Waals surface area contributed by atoms with E-state index in [0.717, 1.165) is 16.9 Å². The van der Waals surface area contributed by atoms with Gasteiger partial charge in [-0.05, 0) is 6.92 Å². The molecule has 0 aliphatic rings. The molecule has 0 aromatic carbocycles. The van der Waals surface area contributed by atoms with Crippen LogP contribution in [0.4, 0.5) is 5.13 Å². The van der Waals surface area contributed by atoms with Gasteiger partial charge in [-0.2, -0.15) is 0 Å². The number of halogens is 1. The van der Waals surface area contributed by atoms with Crippen LogP contribution in [0, 0.1) is 0 Å². The molecule has 0 aliphatic carbocycles. The summed E-state index contributed by atoms with van der Waals surface area (Å²) in [6.07, 6.45) is 0. The van der Waals surface area contributed by atoms with E-state index in [1.165, 1.54) is 0 Å². The molecular formula is C8H9ClN2O2S. The monoisotopic (exact) mass is 232 g/mol. The van der Waals surface area contributed by atoms with Crippen molar-refractivity contribution < 1.29 is 9.90 Å². The van der Waals surface area contributed by atoms with E-state index in [1.54, 1.807) is 0 Å². The van der Waals surface area contributed by atoms with Gasteiger partial charge in [0.1, 0.15) is 0 Å². The zero-order chi connectivity index (χ0) is 10.7. The van der Waals surface area contributed by atoms with Crippen molar-refractivity contribution in [2.45, 2.75) is 6.92 Å². The highest BCUT2D eigenvalue weighted by Gasteiger charge is 2.15. The second kappa shape index (κ2) is 4.43. The summed E-state index contributed by atoms with van der Waals surface area (Å²) in [4.78, 5) is 14.5. The maximum Gasteiger partial charge on any atom is 0.349 e. The number of carboxylic acids is 1. The standard InChI is InChI=1S/C8H9ClN2O2S/c1-4(2)3-10-8-11-6(9)5(14-8)7(12)13/h1,3H2,2H3,(H,10,11)(H,12,13). The van der Waals surface area contributed by atoms with E-state index in [1.807, 2.05) is 6.92 Å². The van der Waals surface area contributed by atoms with E-state index in [9.17, 15) is 4.79 Å². The second-order valence-electron chi connectivity index (χ2n) is 2.75. The molecular weight excluding hydrogens is 224 g/mol. The van der Waals surface area contributed by atoms with Gasteiger partial charge in [0.05, 0.1) is 0 Å². The Labute approximate surface area is 90.2 Å². The molecule has 1 heterocycles. The molecule has 1 aromatic heterocycles. The van der Waals surface area contributed by atoms with E-state index in [-0.39, 0.29) is 10.0 Å². The normalized spacial score (nSPS) is 9.86. The van der Waals surface area contributed by atoms with E-state index >= 15 is 0 Å². The molecule has 0 atom stereocenters. The maximum atomic E-state index is 10.6. The number of nitrogens with zero attached hydrogens (tertiary/aromatic N) is 1. The van der Waals surface area contributed by atoms with Crippen molar-refractivity contribution in [3.8, 4) is 0 Å². The summed E-state index contributed by atoms with van der Waals surface area (Å²) in [6.45, 7) is 6.12. The summed E-state index contributed by atoms with van der Waals surface area (Å²) in [5.74, 6) is -1.06. The molecule has 0 unspecified atom stereocenters. The van der Waals surface area contributed by atoms with Gasteiger partial charge in [0.25, 0.3) is 0 Å². The first kappa shape index (κ1) is 11.0. The molecule has 0 spiro atoms. The third-order valence-electron chi connectivity index (χ3n) is 1.32. The number of carbonyl (C=O) groups is 1. The first-order valence-electron chi connectivity index (χ1n) is 3.78. The van der Waals surface area contributed by atoms with Gasteiger partial charge in [-0.25, -0.2) is 9.78 Å². The summed E-state index contributed by atoms with van der Waals surface area (Å²) >= 11 is 6.63. The number of aromatic nitrogens is 1. The molecule has 0 fully saturated rings. The van der Waals surface area contributed by atoms with Gasteiger partial charge in [-0.15, -0.1) is 0 Å². The van der Waals surface area contributed by atoms with Crippen molar-refractivity contribution in [1.29, 1.82) is 0 Å². The first-order chi connectivity index (χ1) is 6.50. The fourth-order valence-corrected chi connectivity index (χ4v) is 1.76. The van der Waals surface area contributed by atoms with Crippen molar-refractivity contribution in [2.75, 3.05) is 11.9 Å². The molecule has 14 heavy (non-hydrogen) atoms. The van der Waals surface area contributed by atoms with E-state index < -0.39 is 5.97 Å². The fraction of sp³-hybridized carbons (Fsp3) is 0.250. The number of hydrogen-bond donors (Lipinski definition) is 2. The Morgan fingerprint density at radius 3 is 2.86 bits per heavy atom. The van der Waals surface area contributed by atoms with Gasteiger partial charge in [0.2, 0.25) is 0 Å². The molecule has 4 nitrogen and oxygen atoms in total. The quantitative estimate of drug-likeness (QED) is 0.783. The van der Waals surface area contributed by atoms with Crippen molar-refractivity contribution in [2.24, 2.45) is 0 Å². The third-order valence-corrected chi connectivity index (χ3v) is 2.71. The Bertz CT molecular complexity index is 375. The molecule has 0 aliphatic heterocycles. The largest absolute Gasteiger partial charge is 0.477 e. The Kier molecular flexibility index (Phi) is 3.49. The van der Waals surface area contributed by atoms with Crippen LogP contribution in [0.2, 0.25) is 5.15 Å². The molecule has 6 heteroatoms. The maximum absolute atomic E-state index is 10.6. The summed E-state index contributed by atoms with van der Waals surface area (Å²) in [5.41, 5.74) is 0.938. The van der Waals surface area contributed by atoms with Gasteiger partial charge in [-0.1, -0.05) is 35.1 Å². The molecule has 1 rings (SSSR count). The van der Waals surface area contributed by atoms with E-state index in [0.29, 0.717) is 11.7 Å². The number of aromatic carboxylic acids is 1. The Morgan fingerprint density at radius 2 is 2.43 bits per heavy atom. The predicted octanol–water partition coefficient (Wildman–Crippen LogP) is 2.48. The van der Waals surface area contributed by atoms with E-state index in [4.69, 9.17) is 16.7 Å². The minimum atomic E-state index is -1.06. The molecule has 76 valence electrons. The lowest BCUT2D eigenvalue weighted by molar-refractivity contribution is 0.0702. The fourth-order valence-electron chi connectivity index (χ4n) is 0.736. The Hall–Kier alpha value is -1.07. The average molecular weight is 233 g/mol. The van der Waals surface area contributed by atoms with Crippen LogP contribution in [-0.4, -0.2) is 22.6 Å². The lowest BCUT2D eigenvalue weighted by atomic mass is 10.4. The van der Waals surface area contributed by atoms with Gasteiger partial charge < -0.3 is 10.4 Å². The topological polar surface area (TPSA) is 62.2 Å². The number of nitrogens with one attached hydrogen (secondary N) is 1. The molecule has 0 saturated carbocycles. The third kappa shape index (κ3) is 2.71. The molecule has 2 N–H and O–H groups in total. The number of hydrogen-bond acceptors (Lipinski definition) is 4. The molecule has 0 amide bonds. The summed E-state index contributed by atoms with van der Waals surface area (Å²) < 4.78 is 0. The van der Waals surface area contributed by atoms with Crippen LogP contribution in [0.25, 0.3) is 0 Å². The lowest BCUT2D eigenvalue weighted by Gasteiger charge is -1.99. The minimum Gasteiger partial charge on any atom is -0.477 e. The Balaban J connectivity index is 2.76. The van der Waals surface area contributed by atoms with Crippen molar-refractivity contribution in [3.63, 3.8) is 0 Å². The zero-order valence-electron chi connectivity index (χ0n) is 7.50. The molecule has 0 bridgehead atoms. The van der Waals surface area contributed by atoms with Gasteiger partial charge in [0.15, 0.2) is 15.2 Å². The number of rotatable bonds is 4. The highest BCUT2D eigenvalue weighted by molar-refractivity contribution is 7.17. The van der Waals surface area contributed by atoms with Crippen molar-refractivity contribution in [1.82, 2.24) is 4.98 Å². The average Bonchev–Trinajstić information content (AvgIpc) is 2.43. The number of carboxylic acid groups (broad SMARTS) is 1. The van der Waals surface area contributed by atoms with Crippen LogP contribution in [0.3, 0.4) is 0 Å². The van der Waals surface area contributed by atoms with E-state index in [2.05, 4.69) is 16.9 Å². The van der Waals surface area contributed by atoms with Crippen LogP contribution in [0.1, 0.15) is 16.6 Å². The van der Waals surface area contributed by atoms with Gasteiger partial charge in [-0.3, -0.25) is 0 Å². The number of anilines is 1. The van der Waals surface area contributed by atoms with Gasteiger partial charge >= 0.3 is 5.97 Å². The van der Waals surface area contributed by atoms with Crippen molar-refractivity contribution in [3.05, 3.63) is 22.2 Å². The SMILES string of the molecule is C=C(C)CNc1nc(Cl)c(C(=O)O)s1. The smallest absolute Gasteiger partial charge is 0.349 e. The van der Waals surface area contributed by atoms with Crippen LogP contribution in [0.15, 0.2) is 12.2 Å². The van der Waals surface area contributed by atoms with Crippen LogP contribution in [0.5, 0.6) is 0 Å². The summed E-state index contributed by atoms with van der Waals surface area (Å²) in [7, 11) is 0. The molecule has 1 aromatic rings. The number of thiazole rings is 1. The zero-order valence-corrected chi connectivity index (χ0v) is 9.08. The molecule has 0 saturated heterocycles. The highest BCUT2D eigenvalue weighted by atomic mass is 35.5. The highest BCUT2D eigenvalue weighted by Crippen LogP contribution is 2.26. The van der Waals surface area contributed by atoms with Crippen LogP contribution in [-0.2, 0) is 0 Å². The Morgan fingerprint density at radius 1 is 1.79 bits per heavy atom. The first-order valence-corrected chi connectivity index (χ1v) is 4.98. The minimum absolute atomic E-state index is 0.0201. The lowest BCUT2D eigenvalue weighted by Crippen LogP contribution is -2.00. The van der Waals surface area contributed by atoms with Gasteiger partial charge in [0, 0.05) is 6.54 Å². The van der Waals surface area contributed by atoms with Crippen LogP contribution < -0.4 is 5.32 Å². The summed E-state index contributed by atoms with van der Waals surface area (Å²) in [6, 6.07) is 0. The predicted molar refractivity (Wildman–Crippen MR) is 57.4 cm³/mol. The molecule has 0 radical (unpaired) electrons. The van der Waals surface area contributed by atoms with Crippen molar-refractivity contribution >= 4 is 34.0 Å². The summed E-state index contributed by atoms with van der Waals surface area (Å²) in [5, 5.41) is 12.1. The van der Waals surface area contributed by atoms with Crippen LogP contribution >= 0.6 is 22.9 Å².